The summed E-state index contributed by atoms with van der Waals surface area (Å²) in [6, 6.07) is 1.98. The van der Waals surface area contributed by atoms with Gasteiger partial charge >= 0.3 is 0 Å². The van der Waals surface area contributed by atoms with Gasteiger partial charge in [0.05, 0.1) is 10.4 Å². The number of carbonyl (C=O) groups is 1. The van der Waals surface area contributed by atoms with E-state index in [1.54, 1.807) is 12.4 Å². The fourth-order valence-electron chi connectivity index (χ4n) is 2.75. The van der Waals surface area contributed by atoms with Gasteiger partial charge in [-0.05, 0) is 31.7 Å². The van der Waals surface area contributed by atoms with Crippen LogP contribution in [0.25, 0.3) is 10.1 Å². The van der Waals surface area contributed by atoms with Gasteiger partial charge < -0.3 is 15.8 Å². The molecule has 1 saturated heterocycles. The van der Waals surface area contributed by atoms with Crippen molar-refractivity contribution in [3.63, 3.8) is 0 Å². The Labute approximate surface area is 127 Å². The second-order valence-corrected chi connectivity index (χ2v) is 6.48. The van der Waals surface area contributed by atoms with E-state index in [0.717, 1.165) is 36.1 Å². The van der Waals surface area contributed by atoms with E-state index in [4.69, 9.17) is 10.5 Å². The molecule has 0 aromatic carbocycles. The molecule has 0 spiro atoms. The number of ether oxygens (including phenoxy) is 1. The van der Waals surface area contributed by atoms with Gasteiger partial charge in [0.25, 0.3) is 5.91 Å². The summed E-state index contributed by atoms with van der Waals surface area (Å²) in [6.45, 7) is 3.61. The lowest BCUT2D eigenvalue weighted by Gasteiger charge is -2.28. The molecule has 1 atom stereocenters. The molecule has 0 radical (unpaired) electrons. The van der Waals surface area contributed by atoms with Crippen LogP contribution in [0.5, 0.6) is 0 Å². The standard InChI is InChI=1S/C15H19N3O2S/c1-9(10-3-6-20-7-4-10)18-15(19)14-13(16)11-2-5-17-8-12(11)21-14/h2,5,8-10H,3-4,6-7,16H2,1H3,(H,18,19). The Morgan fingerprint density at radius 2 is 2.29 bits per heavy atom. The van der Waals surface area contributed by atoms with E-state index in [9.17, 15) is 4.79 Å². The van der Waals surface area contributed by atoms with Gasteiger partial charge in [0, 0.05) is 37.0 Å². The summed E-state index contributed by atoms with van der Waals surface area (Å²) in [5, 5.41) is 3.98. The van der Waals surface area contributed by atoms with E-state index in [2.05, 4.69) is 17.2 Å². The third kappa shape index (κ3) is 2.87. The van der Waals surface area contributed by atoms with Crippen molar-refractivity contribution in [2.24, 2.45) is 5.92 Å². The largest absolute Gasteiger partial charge is 0.397 e. The van der Waals surface area contributed by atoms with Crippen LogP contribution in [0.15, 0.2) is 18.5 Å². The number of anilines is 1. The first-order chi connectivity index (χ1) is 10.2. The maximum Gasteiger partial charge on any atom is 0.263 e. The van der Waals surface area contributed by atoms with Crippen molar-refractivity contribution in [2.45, 2.75) is 25.8 Å². The van der Waals surface area contributed by atoms with Crippen molar-refractivity contribution in [3.8, 4) is 0 Å². The fraction of sp³-hybridized carbons (Fsp3) is 0.467. The number of fused-ring (bicyclic) bond motifs is 1. The molecule has 0 bridgehead atoms. The first-order valence-electron chi connectivity index (χ1n) is 7.17. The number of amides is 1. The lowest BCUT2D eigenvalue weighted by molar-refractivity contribution is 0.0539. The molecule has 3 rings (SSSR count). The molecule has 21 heavy (non-hydrogen) atoms. The highest BCUT2D eigenvalue weighted by molar-refractivity contribution is 7.21. The molecule has 3 N–H and O–H groups in total. The molecule has 0 aliphatic carbocycles. The number of rotatable bonds is 3. The lowest BCUT2D eigenvalue weighted by Crippen LogP contribution is -2.40. The van der Waals surface area contributed by atoms with Crippen molar-refractivity contribution in [1.29, 1.82) is 0 Å². The minimum absolute atomic E-state index is 0.0901. The van der Waals surface area contributed by atoms with Gasteiger partial charge in [0.15, 0.2) is 0 Å². The van der Waals surface area contributed by atoms with Crippen LogP contribution in [0, 0.1) is 5.92 Å². The summed E-state index contributed by atoms with van der Waals surface area (Å²) < 4.78 is 6.30. The summed E-state index contributed by atoms with van der Waals surface area (Å²) in [5.74, 6) is 0.382. The number of nitrogens with one attached hydrogen (secondary N) is 1. The summed E-state index contributed by atoms with van der Waals surface area (Å²) in [4.78, 5) is 17.1. The minimum Gasteiger partial charge on any atom is -0.397 e. The van der Waals surface area contributed by atoms with Gasteiger partial charge in [-0.25, -0.2) is 0 Å². The van der Waals surface area contributed by atoms with E-state index < -0.39 is 0 Å². The van der Waals surface area contributed by atoms with Crippen LogP contribution in [0.4, 0.5) is 5.69 Å². The Morgan fingerprint density at radius 1 is 1.52 bits per heavy atom. The lowest BCUT2D eigenvalue weighted by atomic mass is 9.93. The van der Waals surface area contributed by atoms with Crippen molar-refractivity contribution in [3.05, 3.63) is 23.3 Å². The van der Waals surface area contributed by atoms with Crippen LogP contribution in [0.3, 0.4) is 0 Å². The molecular weight excluding hydrogens is 286 g/mol. The van der Waals surface area contributed by atoms with Crippen molar-refractivity contribution < 1.29 is 9.53 Å². The molecule has 1 unspecified atom stereocenters. The van der Waals surface area contributed by atoms with Gasteiger partial charge in [0.1, 0.15) is 4.88 Å². The molecule has 1 aliphatic rings. The highest BCUT2D eigenvalue weighted by Gasteiger charge is 2.24. The van der Waals surface area contributed by atoms with Gasteiger partial charge in [-0.3, -0.25) is 9.78 Å². The molecule has 3 heterocycles. The van der Waals surface area contributed by atoms with Crippen molar-refractivity contribution >= 4 is 33.0 Å². The topological polar surface area (TPSA) is 77.2 Å². The molecule has 2 aromatic rings. The zero-order chi connectivity index (χ0) is 14.8. The number of carbonyl (C=O) groups excluding carboxylic acids is 1. The van der Waals surface area contributed by atoms with Crippen LogP contribution in [-0.2, 0) is 4.74 Å². The second kappa shape index (κ2) is 5.99. The SMILES string of the molecule is CC(NC(=O)c1sc2cnccc2c1N)C1CCOCC1. The van der Waals surface area contributed by atoms with Gasteiger partial charge in [-0.1, -0.05) is 0 Å². The Kier molecular flexibility index (Phi) is 4.07. The molecule has 112 valence electrons. The van der Waals surface area contributed by atoms with Gasteiger partial charge in [0.2, 0.25) is 0 Å². The normalized spacial score (nSPS) is 17.8. The Hall–Kier alpha value is -1.66. The van der Waals surface area contributed by atoms with Crippen LogP contribution in [0.1, 0.15) is 29.4 Å². The van der Waals surface area contributed by atoms with Crippen molar-refractivity contribution in [1.82, 2.24) is 10.3 Å². The third-order valence-electron chi connectivity index (χ3n) is 4.07. The molecule has 5 nitrogen and oxygen atoms in total. The second-order valence-electron chi connectivity index (χ2n) is 5.43. The monoisotopic (exact) mass is 305 g/mol. The Bertz CT molecular complexity index is 649. The van der Waals surface area contributed by atoms with Crippen LogP contribution >= 0.6 is 11.3 Å². The van der Waals surface area contributed by atoms with E-state index >= 15 is 0 Å². The highest BCUT2D eigenvalue weighted by atomic mass is 32.1. The average molecular weight is 305 g/mol. The zero-order valence-electron chi connectivity index (χ0n) is 12.0. The predicted octanol–water partition coefficient (Wildman–Crippen LogP) is 2.42. The maximum atomic E-state index is 12.5. The number of pyridine rings is 1. The number of thiophene rings is 1. The quantitative estimate of drug-likeness (QED) is 0.913. The third-order valence-corrected chi connectivity index (χ3v) is 5.22. The fourth-order valence-corrected chi connectivity index (χ4v) is 3.74. The highest BCUT2D eigenvalue weighted by Crippen LogP contribution is 2.33. The molecule has 1 fully saturated rings. The van der Waals surface area contributed by atoms with E-state index in [1.807, 2.05) is 6.07 Å². The molecule has 1 amide bonds. The summed E-state index contributed by atoms with van der Waals surface area (Å²) in [6.07, 6.45) is 5.42. The van der Waals surface area contributed by atoms with E-state index in [1.165, 1.54) is 11.3 Å². The van der Waals surface area contributed by atoms with Gasteiger partial charge in [-0.2, -0.15) is 0 Å². The molecule has 2 aromatic heterocycles. The van der Waals surface area contributed by atoms with Crippen LogP contribution in [-0.4, -0.2) is 30.1 Å². The smallest absolute Gasteiger partial charge is 0.263 e. The molecular formula is C15H19N3O2S. The zero-order valence-corrected chi connectivity index (χ0v) is 12.8. The number of nitrogen functional groups attached to an aromatic ring is 1. The molecule has 6 heteroatoms. The average Bonchev–Trinajstić information content (AvgIpc) is 2.86. The number of nitrogens with two attached hydrogens (primary N) is 1. The number of nitrogens with zero attached hydrogens (tertiary/aromatic N) is 1. The van der Waals surface area contributed by atoms with Crippen molar-refractivity contribution in [2.75, 3.05) is 18.9 Å². The first-order valence-corrected chi connectivity index (χ1v) is 7.99. The van der Waals surface area contributed by atoms with E-state index in [-0.39, 0.29) is 11.9 Å². The first kappa shape index (κ1) is 14.3. The Morgan fingerprint density at radius 3 is 3.00 bits per heavy atom. The predicted molar refractivity (Wildman–Crippen MR) is 84.5 cm³/mol. The number of hydrogen-bond donors (Lipinski definition) is 2. The maximum absolute atomic E-state index is 12.5. The molecule has 0 saturated carbocycles. The molecule has 1 aliphatic heterocycles. The van der Waals surface area contributed by atoms with Crippen LogP contribution < -0.4 is 11.1 Å². The number of aromatic nitrogens is 1. The summed E-state index contributed by atoms with van der Waals surface area (Å²) in [7, 11) is 0. The summed E-state index contributed by atoms with van der Waals surface area (Å²) >= 11 is 1.40. The number of hydrogen-bond acceptors (Lipinski definition) is 5. The Balaban J connectivity index is 1.75. The summed E-state index contributed by atoms with van der Waals surface area (Å²) in [5.41, 5.74) is 6.65. The van der Waals surface area contributed by atoms with Gasteiger partial charge in [-0.15, -0.1) is 11.3 Å². The van der Waals surface area contributed by atoms with Crippen LogP contribution in [0.2, 0.25) is 0 Å². The van der Waals surface area contributed by atoms with E-state index in [0.29, 0.717) is 16.5 Å². The minimum atomic E-state index is -0.0901.